The van der Waals surface area contributed by atoms with Crippen LogP contribution < -0.4 is 0 Å². The summed E-state index contributed by atoms with van der Waals surface area (Å²) in [6.07, 6.45) is 1.29. The maximum atomic E-state index is 11.0. The van der Waals surface area contributed by atoms with Crippen molar-refractivity contribution >= 4 is 11.4 Å². The van der Waals surface area contributed by atoms with Gasteiger partial charge in [0.15, 0.2) is 0 Å². The zero-order chi connectivity index (χ0) is 15.6. The first-order valence-corrected chi connectivity index (χ1v) is 6.65. The molecule has 0 bridgehead atoms. The van der Waals surface area contributed by atoms with E-state index < -0.39 is 9.85 Å². The molecule has 8 heteroatoms. The van der Waals surface area contributed by atoms with Crippen molar-refractivity contribution in [2.75, 3.05) is 13.6 Å². The highest BCUT2D eigenvalue weighted by molar-refractivity contribution is 5.49. The molecule has 1 aromatic rings. The van der Waals surface area contributed by atoms with Crippen molar-refractivity contribution in [3.63, 3.8) is 0 Å². The monoisotopic (exact) mass is 295 g/mol. The first-order valence-electron chi connectivity index (χ1n) is 6.65. The Morgan fingerprint density at radius 1 is 1.29 bits per heavy atom. The molecule has 0 atom stereocenters. The predicted octanol–water partition coefficient (Wildman–Crippen LogP) is 1.71. The van der Waals surface area contributed by atoms with Gasteiger partial charge in [0.05, 0.1) is 22.0 Å². The molecule has 114 valence electrons. The molecule has 0 spiro atoms. The average Bonchev–Trinajstić information content (AvgIpc) is 2.36. The van der Waals surface area contributed by atoms with Crippen LogP contribution in [-0.4, -0.2) is 39.5 Å². The molecule has 1 aliphatic rings. The van der Waals surface area contributed by atoms with E-state index in [0.717, 1.165) is 25.5 Å². The normalized spacial score (nSPS) is 21.1. The Bertz CT molecular complexity index is 557. The summed E-state index contributed by atoms with van der Waals surface area (Å²) in [6.45, 7) is 1.09. The van der Waals surface area contributed by atoms with E-state index in [1.165, 1.54) is 12.1 Å². The Kier molecular flexibility index (Phi) is 4.49. The van der Waals surface area contributed by atoms with Gasteiger partial charge >= 0.3 is 0 Å². The standard InChI is InChI=1S/C13H17N3O5/c1-14(7-9-4-12(17)5-9)8-10-2-3-11(15(18)19)6-13(10)16(20)21/h2-3,6,9,12,17H,4-5,7-8H2,1H3. The first-order chi connectivity index (χ1) is 9.86. The zero-order valence-corrected chi connectivity index (χ0v) is 11.6. The van der Waals surface area contributed by atoms with Crippen LogP contribution in [0.4, 0.5) is 11.4 Å². The van der Waals surface area contributed by atoms with Crippen molar-refractivity contribution in [3.05, 3.63) is 44.0 Å². The number of aliphatic hydroxyl groups excluding tert-OH is 1. The quantitative estimate of drug-likeness (QED) is 0.632. The Labute approximate surface area is 121 Å². The lowest BCUT2D eigenvalue weighted by molar-refractivity contribution is -0.394. The van der Waals surface area contributed by atoms with Crippen molar-refractivity contribution in [1.29, 1.82) is 0 Å². The summed E-state index contributed by atoms with van der Waals surface area (Å²) in [4.78, 5) is 22.4. The van der Waals surface area contributed by atoms with Gasteiger partial charge in [0, 0.05) is 24.7 Å². The zero-order valence-electron chi connectivity index (χ0n) is 11.6. The molecule has 0 aromatic heterocycles. The molecule has 0 heterocycles. The van der Waals surface area contributed by atoms with Crippen molar-refractivity contribution < 1.29 is 15.0 Å². The Morgan fingerprint density at radius 2 is 1.95 bits per heavy atom. The van der Waals surface area contributed by atoms with E-state index >= 15 is 0 Å². The van der Waals surface area contributed by atoms with Crippen LogP contribution in [0.25, 0.3) is 0 Å². The van der Waals surface area contributed by atoms with Crippen LogP contribution in [0.1, 0.15) is 18.4 Å². The van der Waals surface area contributed by atoms with E-state index in [9.17, 15) is 25.3 Å². The number of benzene rings is 1. The van der Waals surface area contributed by atoms with Gasteiger partial charge < -0.3 is 10.0 Å². The van der Waals surface area contributed by atoms with Crippen LogP contribution in [0.3, 0.4) is 0 Å². The van der Waals surface area contributed by atoms with Crippen molar-refractivity contribution in [2.45, 2.75) is 25.5 Å². The Balaban J connectivity index is 2.07. The molecule has 1 aromatic carbocycles. The number of non-ortho nitro benzene ring substituents is 1. The second-order valence-electron chi connectivity index (χ2n) is 5.52. The topological polar surface area (TPSA) is 110 Å². The number of nitrogens with zero attached hydrogens (tertiary/aromatic N) is 3. The molecular weight excluding hydrogens is 278 g/mol. The third kappa shape index (κ3) is 3.73. The van der Waals surface area contributed by atoms with Crippen LogP contribution in [-0.2, 0) is 6.54 Å². The lowest BCUT2D eigenvalue weighted by Crippen LogP contribution is -2.36. The van der Waals surface area contributed by atoms with Crippen LogP contribution in [0, 0.1) is 26.1 Å². The van der Waals surface area contributed by atoms with Crippen LogP contribution >= 0.6 is 0 Å². The second kappa shape index (κ2) is 6.15. The number of hydrogen-bond acceptors (Lipinski definition) is 6. The fourth-order valence-electron chi connectivity index (χ4n) is 2.62. The largest absolute Gasteiger partial charge is 0.393 e. The predicted molar refractivity (Wildman–Crippen MR) is 74.8 cm³/mol. The van der Waals surface area contributed by atoms with Gasteiger partial charge in [0.1, 0.15) is 0 Å². The number of nitro benzene ring substituents is 2. The number of rotatable bonds is 6. The SMILES string of the molecule is CN(Cc1ccc([N+](=O)[O-])cc1[N+](=O)[O-])CC1CC(O)C1. The van der Waals surface area contributed by atoms with Gasteiger partial charge in [-0.2, -0.15) is 0 Å². The summed E-state index contributed by atoms with van der Waals surface area (Å²) in [7, 11) is 1.84. The smallest absolute Gasteiger partial charge is 0.280 e. The summed E-state index contributed by atoms with van der Waals surface area (Å²) in [6, 6.07) is 3.71. The molecule has 8 nitrogen and oxygen atoms in total. The van der Waals surface area contributed by atoms with Crippen molar-refractivity contribution in [3.8, 4) is 0 Å². The Hall–Kier alpha value is -2.06. The summed E-state index contributed by atoms with van der Waals surface area (Å²) in [5.41, 5.74) is -0.0621. The van der Waals surface area contributed by atoms with Gasteiger partial charge in [-0.25, -0.2) is 0 Å². The summed E-state index contributed by atoms with van der Waals surface area (Å²) in [5, 5.41) is 31.0. The molecular formula is C13H17N3O5. The number of aliphatic hydroxyl groups is 1. The molecule has 1 saturated carbocycles. The fraction of sp³-hybridized carbons (Fsp3) is 0.538. The van der Waals surface area contributed by atoms with Gasteiger partial charge in [-0.3, -0.25) is 20.2 Å². The third-order valence-electron chi connectivity index (χ3n) is 3.70. The van der Waals surface area contributed by atoms with Gasteiger partial charge in [0.25, 0.3) is 11.4 Å². The van der Waals surface area contributed by atoms with E-state index in [1.54, 1.807) is 0 Å². The third-order valence-corrected chi connectivity index (χ3v) is 3.70. The highest BCUT2D eigenvalue weighted by Gasteiger charge is 2.28. The first kappa shape index (κ1) is 15.3. The van der Waals surface area contributed by atoms with E-state index in [2.05, 4.69) is 0 Å². The molecule has 1 aliphatic carbocycles. The molecule has 1 N–H and O–H groups in total. The molecule has 21 heavy (non-hydrogen) atoms. The highest BCUT2D eigenvalue weighted by atomic mass is 16.6. The van der Waals surface area contributed by atoms with Crippen molar-refractivity contribution in [2.24, 2.45) is 5.92 Å². The maximum Gasteiger partial charge on any atom is 0.280 e. The molecule has 0 unspecified atom stereocenters. The molecule has 0 saturated heterocycles. The highest BCUT2D eigenvalue weighted by Crippen LogP contribution is 2.29. The summed E-state index contributed by atoms with van der Waals surface area (Å²) in [5.74, 6) is 0.405. The summed E-state index contributed by atoms with van der Waals surface area (Å²) < 4.78 is 0. The fourth-order valence-corrected chi connectivity index (χ4v) is 2.62. The van der Waals surface area contributed by atoms with E-state index in [1.807, 2.05) is 11.9 Å². The van der Waals surface area contributed by atoms with E-state index in [-0.39, 0.29) is 17.5 Å². The minimum absolute atomic E-state index is 0.225. The number of hydrogen-bond donors (Lipinski definition) is 1. The van der Waals surface area contributed by atoms with Gasteiger partial charge in [-0.05, 0) is 31.9 Å². The average molecular weight is 295 g/mol. The lowest BCUT2D eigenvalue weighted by atomic mass is 9.82. The molecule has 1 fully saturated rings. The molecule has 0 amide bonds. The Morgan fingerprint density at radius 3 is 2.48 bits per heavy atom. The second-order valence-corrected chi connectivity index (χ2v) is 5.52. The van der Waals surface area contributed by atoms with Crippen LogP contribution in [0.2, 0.25) is 0 Å². The molecule has 0 radical (unpaired) electrons. The van der Waals surface area contributed by atoms with Gasteiger partial charge in [-0.15, -0.1) is 0 Å². The van der Waals surface area contributed by atoms with Crippen molar-refractivity contribution in [1.82, 2.24) is 4.90 Å². The van der Waals surface area contributed by atoms with Gasteiger partial charge in [0.2, 0.25) is 0 Å². The minimum atomic E-state index is -0.643. The maximum absolute atomic E-state index is 11.0. The van der Waals surface area contributed by atoms with E-state index in [4.69, 9.17) is 0 Å². The number of nitro groups is 2. The molecule has 2 rings (SSSR count). The molecule has 0 aliphatic heterocycles. The van der Waals surface area contributed by atoms with Crippen LogP contribution in [0.5, 0.6) is 0 Å². The van der Waals surface area contributed by atoms with Gasteiger partial charge in [-0.1, -0.05) is 0 Å². The lowest BCUT2D eigenvalue weighted by Gasteiger charge is -2.34. The van der Waals surface area contributed by atoms with Crippen LogP contribution in [0.15, 0.2) is 18.2 Å². The van der Waals surface area contributed by atoms with E-state index in [0.29, 0.717) is 18.0 Å². The summed E-state index contributed by atoms with van der Waals surface area (Å²) >= 11 is 0. The minimum Gasteiger partial charge on any atom is -0.393 e.